The Hall–Kier alpha value is -8.84. The normalized spacial score (nSPS) is 37.4. The predicted molar refractivity (Wildman–Crippen MR) is 397 cm³/mol. The molecule has 0 radical (unpaired) electrons. The highest BCUT2D eigenvalue weighted by molar-refractivity contribution is 5.83. The van der Waals surface area contributed by atoms with E-state index >= 15 is 0 Å². The summed E-state index contributed by atoms with van der Waals surface area (Å²) in [7, 11) is 0. The first-order valence-electron chi connectivity index (χ1n) is 37.4. The Balaban J connectivity index is 0.000000123. The molecule has 644 valence electrons. The number of nitrogens with zero attached hydrogens (tertiary/aromatic N) is 8. The molecule has 6 aliphatic heterocycles. The first-order chi connectivity index (χ1) is 56.2. The van der Waals surface area contributed by atoms with Gasteiger partial charge in [-0.25, -0.2) is 0 Å². The van der Waals surface area contributed by atoms with Crippen molar-refractivity contribution in [1.29, 1.82) is 0 Å². The quantitative estimate of drug-likeness (QED) is 0.0249. The third-order valence-corrected chi connectivity index (χ3v) is 22.8. The Kier molecular flexibility index (Phi) is 23.8. The number of nitrogens with two attached hydrogens (primary N) is 4. The number of H-pyrrole nitrogens is 4. The maximum Gasteiger partial charge on any atom is 0.262 e. The molecule has 10 aliphatic rings. The molecule has 0 spiro atoms. The maximum absolute atomic E-state index is 12.6. The minimum Gasteiger partial charge on any atom is -0.394 e. The zero-order chi connectivity index (χ0) is 84.4. The SMILES string of the molecule is Nc1nc2c(c(CNC3C(O)C(O)C4OC34)cn2C2OC(CO)C(O)C2O)c(=O)[nH]1.Nc1nc2c(c(CNC3C=C[C@@H](O)[C@H]3O)cn2C2OC(CO)C(O)C2O)c(=O)[nH]1.Nc1nc2c(c(CN[C@@H]3[C@@H](O)[C@@H](O)[C@@H]4O[C@H]34)cn2C2OC(CO)C(O)C2O)c(=O)[nH]1.Nc1nc2c(c(CN[C@H]3C=C[C@H](O)[C@@H]3O)cn2C2OC(CO)C(O)C2O)c(=O)[nH]1. The Morgan fingerprint density at radius 1 is 0.314 bits per heavy atom. The van der Waals surface area contributed by atoms with Crippen LogP contribution in [0.4, 0.5) is 23.8 Å². The number of rotatable bonds is 20. The fraction of sp³-hybridized carbons (Fsp3) is 0.588. The minimum atomic E-state index is -1.37. The van der Waals surface area contributed by atoms with Gasteiger partial charge in [0.05, 0.1) is 84.3 Å². The van der Waals surface area contributed by atoms with Gasteiger partial charge in [-0.15, -0.1) is 0 Å². The molecule has 32 atom stereocenters. The average molecular weight is 1670 g/mol. The van der Waals surface area contributed by atoms with Crippen LogP contribution in [0.3, 0.4) is 0 Å². The molecule has 36 N–H and O–H groups in total. The largest absolute Gasteiger partial charge is 0.394 e. The van der Waals surface area contributed by atoms with Crippen molar-refractivity contribution in [1.82, 2.24) is 79.4 Å². The van der Waals surface area contributed by atoms with E-state index in [2.05, 4.69) is 61.1 Å². The van der Waals surface area contributed by atoms with Gasteiger partial charge in [-0.1, -0.05) is 24.3 Å². The number of nitrogens with one attached hydrogen (secondary N) is 8. The Labute approximate surface area is 659 Å². The lowest BCUT2D eigenvalue weighted by molar-refractivity contribution is -0.0509. The number of aromatic nitrogens is 12. The number of aliphatic hydroxyl groups is 20. The zero-order valence-corrected chi connectivity index (χ0v) is 61.7. The van der Waals surface area contributed by atoms with E-state index in [4.69, 9.17) is 51.4 Å². The third-order valence-electron chi connectivity index (χ3n) is 22.8. The van der Waals surface area contributed by atoms with Gasteiger partial charge in [0.1, 0.15) is 134 Å². The average Bonchev–Trinajstić information content (AvgIpc) is 1.59. The number of ether oxygens (including phenoxy) is 6. The van der Waals surface area contributed by atoms with E-state index in [-0.39, 0.29) is 106 Å². The summed E-state index contributed by atoms with van der Waals surface area (Å²) >= 11 is 0. The van der Waals surface area contributed by atoms with Crippen LogP contribution in [0, 0.1) is 0 Å². The zero-order valence-electron chi connectivity index (χ0n) is 61.7. The molecular weight excluding hydrogens is 1580 g/mol. The van der Waals surface area contributed by atoms with Crippen LogP contribution in [0.5, 0.6) is 0 Å². The number of hydrogen-bond acceptors (Lipinski definition) is 42. The summed E-state index contributed by atoms with van der Waals surface area (Å²) in [4.78, 5) is 76.4. The van der Waals surface area contributed by atoms with Crippen LogP contribution in [0.15, 0.2) is 68.3 Å². The van der Waals surface area contributed by atoms with Crippen LogP contribution < -0.4 is 66.4 Å². The molecule has 50 nitrogen and oxygen atoms in total. The van der Waals surface area contributed by atoms with Crippen molar-refractivity contribution in [2.24, 2.45) is 0 Å². The maximum atomic E-state index is 12.6. The van der Waals surface area contributed by atoms with Crippen molar-refractivity contribution in [3.63, 3.8) is 0 Å². The number of hydrogen-bond donors (Lipinski definition) is 32. The number of aliphatic hydroxyl groups excluding tert-OH is 20. The van der Waals surface area contributed by atoms with Gasteiger partial charge < -0.3 is 193 Å². The van der Waals surface area contributed by atoms with Crippen molar-refractivity contribution >= 4 is 67.9 Å². The highest BCUT2D eigenvalue weighted by Crippen LogP contribution is 2.43. The van der Waals surface area contributed by atoms with Crippen molar-refractivity contribution < 1.29 is 131 Å². The summed E-state index contributed by atoms with van der Waals surface area (Å²) in [6, 6.07) is -2.06. The number of epoxide rings is 2. The molecular formula is C68H92N20O30. The van der Waals surface area contributed by atoms with E-state index in [9.17, 15) is 121 Å². The molecule has 8 aromatic rings. The highest BCUT2D eigenvalue weighted by Gasteiger charge is 2.63. The second-order valence-electron chi connectivity index (χ2n) is 30.2. The van der Waals surface area contributed by atoms with Crippen LogP contribution in [0.25, 0.3) is 44.1 Å². The molecule has 4 aliphatic carbocycles. The van der Waals surface area contributed by atoms with Gasteiger partial charge in [-0.05, 0) is 22.3 Å². The fourth-order valence-corrected chi connectivity index (χ4v) is 16.5. The molecule has 0 bridgehead atoms. The van der Waals surface area contributed by atoms with E-state index in [0.717, 1.165) is 0 Å². The molecule has 6 saturated heterocycles. The van der Waals surface area contributed by atoms with Gasteiger partial charge in [0.25, 0.3) is 22.2 Å². The molecule has 0 aromatic carbocycles. The monoisotopic (exact) mass is 1670 g/mol. The van der Waals surface area contributed by atoms with Crippen LogP contribution in [-0.2, 0) is 54.6 Å². The van der Waals surface area contributed by atoms with Crippen molar-refractivity contribution in [3.8, 4) is 0 Å². The Bertz CT molecular complexity index is 4990. The molecule has 2 saturated carbocycles. The van der Waals surface area contributed by atoms with Gasteiger partial charge in [0.15, 0.2) is 47.5 Å². The molecule has 0 amide bonds. The second kappa shape index (κ2) is 33.3. The van der Waals surface area contributed by atoms with E-state index < -0.39 is 232 Å². The van der Waals surface area contributed by atoms with Gasteiger partial charge in [0.2, 0.25) is 23.8 Å². The minimum absolute atomic E-state index is 0.119. The summed E-state index contributed by atoms with van der Waals surface area (Å²) in [5.41, 5.74) is 23.1. The first kappa shape index (κ1) is 84.2. The molecule has 8 aromatic heterocycles. The number of nitrogen functional groups attached to an aromatic ring is 4. The molecule has 18 rings (SSSR count). The second-order valence-corrected chi connectivity index (χ2v) is 30.2. The number of aromatic amines is 4. The van der Waals surface area contributed by atoms with Gasteiger partial charge in [-0.3, -0.25) is 39.1 Å². The lowest BCUT2D eigenvalue weighted by atomic mass is 10.1. The fourth-order valence-electron chi connectivity index (χ4n) is 16.5. The van der Waals surface area contributed by atoms with Crippen molar-refractivity contribution in [2.45, 2.75) is 222 Å². The van der Waals surface area contributed by atoms with Crippen molar-refractivity contribution in [3.05, 3.63) is 113 Å². The summed E-state index contributed by atoms with van der Waals surface area (Å²) in [6.45, 7) is -1.48. The van der Waals surface area contributed by atoms with E-state index in [0.29, 0.717) is 22.3 Å². The first-order valence-corrected chi connectivity index (χ1v) is 37.4. The van der Waals surface area contributed by atoms with Crippen LogP contribution in [0.1, 0.15) is 47.2 Å². The van der Waals surface area contributed by atoms with Gasteiger partial charge in [-0.2, -0.15) is 19.9 Å². The molecule has 118 heavy (non-hydrogen) atoms. The third kappa shape index (κ3) is 15.3. The molecule has 50 heteroatoms. The smallest absolute Gasteiger partial charge is 0.262 e. The molecule has 14 heterocycles. The van der Waals surface area contributed by atoms with Gasteiger partial charge in [0, 0.05) is 51.0 Å². The van der Waals surface area contributed by atoms with Crippen LogP contribution >= 0.6 is 0 Å². The lowest BCUT2D eigenvalue weighted by Gasteiger charge is -2.20. The summed E-state index contributed by atoms with van der Waals surface area (Å²) in [5.74, 6) is -0.543. The predicted octanol–water partition coefficient (Wildman–Crippen LogP) is -14.9. The van der Waals surface area contributed by atoms with Crippen LogP contribution in [-0.4, -0.2) is 357 Å². The molecule has 22 unspecified atom stereocenters. The number of anilines is 4. The summed E-state index contributed by atoms with van der Waals surface area (Å²) in [5, 5.41) is 211. The van der Waals surface area contributed by atoms with E-state index in [1.807, 2.05) is 0 Å². The Morgan fingerprint density at radius 2 is 0.559 bits per heavy atom. The standard InChI is InChI=1S/2C17H23N5O8.2C17H23N5O7/c2*18-17-20-14-6(15(28)21-17)4(1-19-7-9(25)10(26)13-12(7)30-13)2-22(14)16-11(27)8(24)5(3-23)29-16;2*18-17-20-14-10(15(28)21-17)6(3-19-7-1-2-8(24)11(7)25)4-22(14)16-13(27)12(26)9(5-23)29-16/h2*2,5,7-13,16,19,23-27H,1,3H2,(H3,18,20,21,28);2*1-2,4,7-9,11-13,16,19,23-27H,3,5H2,(H3,18,20,21,28)/t5?,7-,8?,9-,10-,11?,12-,13+,16?;;7?,8-,9?,11+,12?,13?,16?;7-,8-,9?,11+,12?,13?,16?/m1.10/s1. The van der Waals surface area contributed by atoms with E-state index in [1.54, 1.807) is 12.2 Å². The van der Waals surface area contributed by atoms with E-state index in [1.165, 1.54) is 55.2 Å². The Morgan fingerprint density at radius 3 is 0.763 bits per heavy atom. The van der Waals surface area contributed by atoms with Crippen LogP contribution in [0.2, 0.25) is 0 Å². The highest BCUT2D eigenvalue weighted by atomic mass is 16.6. The summed E-state index contributed by atoms with van der Waals surface area (Å²) in [6.07, 6.45) is -16.1. The summed E-state index contributed by atoms with van der Waals surface area (Å²) < 4.78 is 38.4. The van der Waals surface area contributed by atoms with Crippen molar-refractivity contribution in [2.75, 3.05) is 49.4 Å². The topological polar surface area (TPSA) is 822 Å². The number of fused-ring (bicyclic) bond motifs is 6. The lowest BCUT2D eigenvalue weighted by Crippen LogP contribution is -2.44. The molecule has 8 fully saturated rings. The van der Waals surface area contributed by atoms with Gasteiger partial charge >= 0.3 is 0 Å².